The first kappa shape index (κ1) is 14.5. The molecular weight excluding hydrogens is 328 g/mol. The van der Waals surface area contributed by atoms with Crippen molar-refractivity contribution in [3.05, 3.63) is 67.1 Å². The monoisotopic (exact) mass is 342 g/mol. The van der Waals surface area contributed by atoms with Crippen molar-refractivity contribution in [1.82, 2.24) is 34.1 Å². The maximum Gasteiger partial charge on any atom is 0.165 e. The molecule has 5 rings (SSSR count). The lowest BCUT2D eigenvalue weighted by atomic mass is 10.3. The number of nitrogen functional groups attached to an aromatic ring is 1. The van der Waals surface area contributed by atoms with Crippen molar-refractivity contribution in [2.75, 3.05) is 5.73 Å². The summed E-state index contributed by atoms with van der Waals surface area (Å²) in [6.45, 7) is 0.484. The number of imidazole rings is 2. The number of hydrogen-bond donors (Lipinski definition) is 1. The normalized spacial score (nSPS) is 11.4. The third kappa shape index (κ3) is 2.20. The van der Waals surface area contributed by atoms with E-state index in [0.29, 0.717) is 23.5 Å². The van der Waals surface area contributed by atoms with Gasteiger partial charge in [0, 0.05) is 11.9 Å². The average Bonchev–Trinajstić information content (AvgIpc) is 3.25. The molecule has 0 atom stereocenters. The molecule has 0 radical (unpaired) electrons. The van der Waals surface area contributed by atoms with Crippen LogP contribution in [0.2, 0.25) is 0 Å². The number of fused-ring (bicyclic) bond motifs is 2. The summed E-state index contributed by atoms with van der Waals surface area (Å²) in [5, 5.41) is 0. The fourth-order valence-electron chi connectivity index (χ4n) is 3.08. The number of benzene rings is 1. The molecule has 0 saturated carbocycles. The zero-order valence-corrected chi connectivity index (χ0v) is 13.7. The molecule has 4 aromatic heterocycles. The number of para-hydroxylation sites is 1. The minimum atomic E-state index is 0.368. The van der Waals surface area contributed by atoms with Crippen LogP contribution in [0.15, 0.2) is 61.3 Å². The van der Waals surface area contributed by atoms with E-state index in [1.165, 1.54) is 6.33 Å². The van der Waals surface area contributed by atoms with Crippen molar-refractivity contribution in [3.63, 3.8) is 0 Å². The largest absolute Gasteiger partial charge is 0.382 e. The Morgan fingerprint density at radius 3 is 2.65 bits per heavy atom. The zero-order valence-electron chi connectivity index (χ0n) is 13.7. The summed E-state index contributed by atoms with van der Waals surface area (Å²) < 4.78 is 3.96. The fourth-order valence-corrected chi connectivity index (χ4v) is 3.08. The van der Waals surface area contributed by atoms with Gasteiger partial charge in [0.25, 0.3) is 0 Å². The number of rotatable bonds is 3. The second-order valence-corrected chi connectivity index (χ2v) is 5.85. The van der Waals surface area contributed by atoms with Gasteiger partial charge < -0.3 is 10.3 Å². The number of nitrogens with zero attached hydrogens (tertiary/aromatic N) is 7. The Labute approximate surface area is 148 Å². The predicted molar refractivity (Wildman–Crippen MR) is 97.7 cm³/mol. The molecular formula is C18H14N8. The Kier molecular flexibility index (Phi) is 3.14. The van der Waals surface area contributed by atoms with Gasteiger partial charge in [-0.05, 0) is 24.3 Å². The van der Waals surface area contributed by atoms with Crippen LogP contribution in [0.3, 0.4) is 0 Å². The van der Waals surface area contributed by atoms with Crippen LogP contribution < -0.4 is 5.73 Å². The van der Waals surface area contributed by atoms with Gasteiger partial charge in [0.1, 0.15) is 23.2 Å². The van der Waals surface area contributed by atoms with E-state index in [1.807, 2.05) is 51.6 Å². The van der Waals surface area contributed by atoms with E-state index in [1.54, 1.807) is 12.5 Å². The fraction of sp³-hybridized carbons (Fsp3) is 0.0556. The van der Waals surface area contributed by atoms with Crippen molar-refractivity contribution in [2.45, 2.75) is 6.54 Å². The highest BCUT2D eigenvalue weighted by Gasteiger charge is 2.16. The van der Waals surface area contributed by atoms with E-state index in [-0.39, 0.29) is 0 Å². The Bertz CT molecular complexity index is 1220. The van der Waals surface area contributed by atoms with Gasteiger partial charge in [-0.15, -0.1) is 0 Å². The number of aromatic nitrogens is 7. The molecule has 0 unspecified atom stereocenters. The van der Waals surface area contributed by atoms with Gasteiger partial charge in [0.15, 0.2) is 17.1 Å². The van der Waals surface area contributed by atoms with Crippen LogP contribution in [0, 0.1) is 0 Å². The Balaban J connectivity index is 1.70. The number of anilines is 1. The first-order valence-corrected chi connectivity index (χ1v) is 8.10. The summed E-state index contributed by atoms with van der Waals surface area (Å²) in [6.07, 6.45) is 4.92. The van der Waals surface area contributed by atoms with Crippen molar-refractivity contribution in [2.24, 2.45) is 0 Å². The molecule has 0 spiro atoms. The molecule has 0 fully saturated rings. The maximum absolute atomic E-state index is 5.89. The van der Waals surface area contributed by atoms with Crippen molar-refractivity contribution < 1.29 is 0 Å². The lowest BCUT2D eigenvalue weighted by Gasteiger charge is -2.09. The van der Waals surface area contributed by atoms with Crippen molar-refractivity contribution in [3.8, 4) is 5.69 Å². The topological polar surface area (TPSA) is 100 Å². The second-order valence-electron chi connectivity index (χ2n) is 5.85. The predicted octanol–water partition coefficient (Wildman–Crippen LogP) is 2.19. The highest BCUT2D eigenvalue weighted by molar-refractivity contribution is 5.81. The van der Waals surface area contributed by atoms with Gasteiger partial charge in [-0.1, -0.05) is 18.2 Å². The van der Waals surface area contributed by atoms with Gasteiger partial charge in [-0.2, -0.15) is 0 Å². The lowest BCUT2D eigenvalue weighted by molar-refractivity contribution is 0.744. The molecule has 0 aliphatic rings. The summed E-state index contributed by atoms with van der Waals surface area (Å²) in [7, 11) is 0. The van der Waals surface area contributed by atoms with E-state index in [2.05, 4.69) is 19.9 Å². The molecule has 5 aromatic rings. The van der Waals surface area contributed by atoms with Crippen molar-refractivity contribution >= 4 is 28.1 Å². The highest BCUT2D eigenvalue weighted by Crippen LogP contribution is 2.22. The summed E-state index contributed by atoms with van der Waals surface area (Å²) in [5.41, 5.74) is 9.81. The first-order valence-electron chi connectivity index (χ1n) is 8.10. The minimum Gasteiger partial charge on any atom is -0.382 e. The summed E-state index contributed by atoms with van der Waals surface area (Å²) in [5.74, 6) is 1.20. The summed E-state index contributed by atoms with van der Waals surface area (Å²) in [4.78, 5) is 21.9. The SMILES string of the molecule is Nc1ncnc2c1ncn2Cc1nc2cccnc2n1-c1ccccc1. The van der Waals surface area contributed by atoms with Gasteiger partial charge in [0.2, 0.25) is 0 Å². The molecule has 126 valence electrons. The van der Waals surface area contributed by atoms with Gasteiger partial charge >= 0.3 is 0 Å². The molecule has 0 amide bonds. The molecule has 26 heavy (non-hydrogen) atoms. The molecule has 0 aliphatic heterocycles. The second kappa shape index (κ2) is 5.62. The van der Waals surface area contributed by atoms with E-state index >= 15 is 0 Å². The molecule has 2 N–H and O–H groups in total. The number of hydrogen-bond acceptors (Lipinski definition) is 6. The van der Waals surface area contributed by atoms with Gasteiger partial charge in [-0.25, -0.2) is 24.9 Å². The molecule has 0 saturated heterocycles. The van der Waals surface area contributed by atoms with Crippen LogP contribution in [-0.2, 0) is 6.54 Å². The maximum atomic E-state index is 5.89. The van der Waals surface area contributed by atoms with Gasteiger partial charge in [0.05, 0.1) is 12.9 Å². The number of nitrogens with two attached hydrogens (primary N) is 1. The van der Waals surface area contributed by atoms with Crippen molar-refractivity contribution in [1.29, 1.82) is 0 Å². The van der Waals surface area contributed by atoms with Crippen LogP contribution in [0.5, 0.6) is 0 Å². The lowest BCUT2D eigenvalue weighted by Crippen LogP contribution is -2.08. The van der Waals surface area contributed by atoms with E-state index < -0.39 is 0 Å². The zero-order chi connectivity index (χ0) is 17.5. The quantitative estimate of drug-likeness (QED) is 0.539. The Morgan fingerprint density at radius 1 is 0.885 bits per heavy atom. The van der Waals surface area contributed by atoms with Gasteiger partial charge in [-0.3, -0.25) is 4.57 Å². The Hall–Kier alpha value is -3.81. The Morgan fingerprint density at radius 2 is 1.77 bits per heavy atom. The molecule has 8 nitrogen and oxygen atoms in total. The minimum absolute atomic E-state index is 0.368. The van der Waals surface area contributed by atoms with Crippen LogP contribution in [-0.4, -0.2) is 34.1 Å². The molecule has 4 heterocycles. The average molecular weight is 342 g/mol. The molecule has 1 aromatic carbocycles. The van der Waals surface area contributed by atoms with Crippen LogP contribution in [0.1, 0.15) is 5.82 Å². The standard InChI is InChI=1S/C18H14N8/c19-16-15-18(22-10-21-16)25(11-23-15)9-14-24-13-7-4-8-20-17(13)26(14)12-5-2-1-3-6-12/h1-8,10-11H,9H2,(H2,19,21,22). The molecule has 8 heteroatoms. The number of pyridine rings is 1. The third-order valence-electron chi connectivity index (χ3n) is 4.24. The van der Waals surface area contributed by atoms with E-state index in [9.17, 15) is 0 Å². The third-order valence-corrected chi connectivity index (χ3v) is 4.24. The van der Waals surface area contributed by atoms with Crippen LogP contribution in [0.25, 0.3) is 28.0 Å². The van der Waals surface area contributed by atoms with E-state index in [4.69, 9.17) is 10.7 Å². The molecule has 0 bridgehead atoms. The molecule has 0 aliphatic carbocycles. The first-order chi connectivity index (χ1) is 12.8. The summed E-state index contributed by atoms with van der Waals surface area (Å²) >= 11 is 0. The van der Waals surface area contributed by atoms with Crippen LogP contribution in [0.4, 0.5) is 5.82 Å². The van der Waals surface area contributed by atoms with E-state index in [0.717, 1.165) is 22.7 Å². The van der Waals surface area contributed by atoms with Crippen LogP contribution >= 0.6 is 0 Å². The highest BCUT2D eigenvalue weighted by atomic mass is 15.2. The smallest absolute Gasteiger partial charge is 0.165 e. The summed E-state index contributed by atoms with van der Waals surface area (Å²) in [6, 6.07) is 13.9.